The van der Waals surface area contributed by atoms with Gasteiger partial charge in [0.15, 0.2) is 0 Å². The molecule has 0 spiro atoms. The van der Waals surface area contributed by atoms with E-state index in [1.165, 1.54) is 11.1 Å². The highest BCUT2D eigenvalue weighted by molar-refractivity contribution is 5.78. The molecule has 0 atom stereocenters. The maximum Gasteiger partial charge on any atom is 0.205 e. The maximum absolute atomic E-state index is 9.11. The van der Waals surface area contributed by atoms with Crippen molar-refractivity contribution in [2.45, 2.75) is 19.6 Å². The molecule has 1 aromatic heterocycles. The third-order valence-electron chi connectivity index (χ3n) is 4.60. The highest BCUT2D eigenvalue weighted by Gasteiger charge is 2.18. The van der Waals surface area contributed by atoms with Gasteiger partial charge < -0.3 is 10.4 Å². The number of rotatable bonds is 5. The van der Waals surface area contributed by atoms with Gasteiger partial charge in [0.2, 0.25) is 5.95 Å². The van der Waals surface area contributed by atoms with Gasteiger partial charge in [0.25, 0.3) is 0 Å². The Kier molecular flexibility index (Phi) is 4.19. The van der Waals surface area contributed by atoms with Crippen LogP contribution in [-0.2, 0) is 19.6 Å². The molecule has 0 saturated heterocycles. The van der Waals surface area contributed by atoms with Gasteiger partial charge in [-0.2, -0.15) is 0 Å². The molecule has 0 aliphatic carbocycles. The number of hydrogen-bond acceptors (Lipinski definition) is 4. The van der Waals surface area contributed by atoms with Crippen molar-refractivity contribution in [3.63, 3.8) is 0 Å². The molecule has 3 aromatic rings. The third kappa shape index (κ3) is 2.88. The number of imidazole rings is 1. The van der Waals surface area contributed by atoms with Gasteiger partial charge in [0, 0.05) is 19.6 Å². The highest BCUT2D eigenvalue weighted by Crippen LogP contribution is 2.23. The third-order valence-corrected chi connectivity index (χ3v) is 4.60. The Morgan fingerprint density at radius 3 is 2.71 bits per heavy atom. The highest BCUT2D eigenvalue weighted by atomic mass is 16.3. The summed E-state index contributed by atoms with van der Waals surface area (Å²) in [6.07, 6.45) is 1.09. The van der Waals surface area contributed by atoms with E-state index < -0.39 is 0 Å². The predicted octanol–water partition coefficient (Wildman–Crippen LogP) is 2.46. The molecule has 0 saturated carbocycles. The summed E-state index contributed by atoms with van der Waals surface area (Å²) in [6.45, 7) is 3.40. The van der Waals surface area contributed by atoms with Crippen LogP contribution in [0.25, 0.3) is 11.0 Å². The monoisotopic (exact) mass is 322 g/mol. The summed E-state index contributed by atoms with van der Waals surface area (Å²) in [5.41, 5.74) is 4.98. The summed E-state index contributed by atoms with van der Waals surface area (Å²) in [4.78, 5) is 7.12. The number of aliphatic hydroxyl groups excluding tert-OH is 1. The van der Waals surface area contributed by atoms with E-state index >= 15 is 0 Å². The van der Waals surface area contributed by atoms with Crippen LogP contribution in [0.15, 0.2) is 48.5 Å². The lowest BCUT2D eigenvalue weighted by molar-refractivity contribution is 0.204. The van der Waals surface area contributed by atoms with E-state index in [1.54, 1.807) is 0 Å². The van der Waals surface area contributed by atoms with E-state index in [0.29, 0.717) is 6.54 Å². The van der Waals surface area contributed by atoms with Crippen molar-refractivity contribution in [2.75, 3.05) is 25.0 Å². The Morgan fingerprint density at radius 1 is 1.04 bits per heavy atom. The minimum atomic E-state index is 0.0975. The smallest absolute Gasteiger partial charge is 0.205 e. The number of para-hydroxylation sites is 2. The number of anilines is 1. The molecule has 2 heterocycles. The number of aromatic nitrogens is 2. The fourth-order valence-electron chi connectivity index (χ4n) is 3.40. The Balaban J connectivity index is 1.62. The summed E-state index contributed by atoms with van der Waals surface area (Å²) >= 11 is 0. The van der Waals surface area contributed by atoms with Crippen LogP contribution in [0, 0.1) is 0 Å². The second-order valence-corrected chi connectivity index (χ2v) is 6.22. The number of fused-ring (bicyclic) bond motifs is 2. The van der Waals surface area contributed by atoms with Gasteiger partial charge in [-0.05, 0) is 29.7 Å². The SMILES string of the molecule is OCCNc1nc2ccccc2n1CN1CCc2ccccc2C1. The lowest BCUT2D eigenvalue weighted by atomic mass is 10.0. The van der Waals surface area contributed by atoms with E-state index in [0.717, 1.165) is 43.2 Å². The first-order chi connectivity index (χ1) is 11.8. The molecule has 124 valence electrons. The summed E-state index contributed by atoms with van der Waals surface area (Å²) in [5.74, 6) is 0.823. The lowest BCUT2D eigenvalue weighted by Gasteiger charge is -2.29. The molecule has 0 bridgehead atoms. The molecular weight excluding hydrogens is 300 g/mol. The van der Waals surface area contributed by atoms with Gasteiger partial charge in [-0.15, -0.1) is 0 Å². The molecule has 5 nitrogen and oxygen atoms in total. The van der Waals surface area contributed by atoms with Crippen molar-refractivity contribution in [2.24, 2.45) is 0 Å². The van der Waals surface area contributed by atoms with Crippen LogP contribution in [0.3, 0.4) is 0 Å². The van der Waals surface area contributed by atoms with Crippen LogP contribution < -0.4 is 5.32 Å². The van der Waals surface area contributed by atoms with Gasteiger partial charge in [0.05, 0.1) is 24.3 Å². The normalized spacial score (nSPS) is 14.7. The van der Waals surface area contributed by atoms with E-state index in [4.69, 9.17) is 5.11 Å². The molecule has 0 amide bonds. The first kappa shape index (κ1) is 15.2. The van der Waals surface area contributed by atoms with Crippen molar-refractivity contribution in [3.8, 4) is 0 Å². The molecule has 5 heteroatoms. The number of nitrogens with zero attached hydrogens (tertiary/aromatic N) is 3. The molecule has 4 rings (SSSR count). The molecule has 24 heavy (non-hydrogen) atoms. The predicted molar refractivity (Wildman–Crippen MR) is 95.9 cm³/mol. The molecular formula is C19H22N4O. The average molecular weight is 322 g/mol. The van der Waals surface area contributed by atoms with Crippen molar-refractivity contribution in [1.82, 2.24) is 14.5 Å². The second-order valence-electron chi connectivity index (χ2n) is 6.22. The molecule has 1 aliphatic heterocycles. The van der Waals surface area contributed by atoms with E-state index in [1.807, 2.05) is 18.2 Å². The molecule has 0 unspecified atom stereocenters. The molecule has 0 fully saturated rings. The Morgan fingerprint density at radius 2 is 1.83 bits per heavy atom. The minimum absolute atomic E-state index is 0.0975. The van der Waals surface area contributed by atoms with Gasteiger partial charge in [-0.25, -0.2) is 4.98 Å². The maximum atomic E-state index is 9.11. The fourth-order valence-corrected chi connectivity index (χ4v) is 3.40. The second kappa shape index (κ2) is 6.63. The first-order valence-electron chi connectivity index (χ1n) is 8.44. The van der Waals surface area contributed by atoms with E-state index in [2.05, 4.69) is 50.1 Å². The van der Waals surface area contributed by atoms with Crippen LogP contribution in [0.1, 0.15) is 11.1 Å². The molecule has 2 N–H and O–H groups in total. The zero-order chi connectivity index (χ0) is 16.4. The van der Waals surface area contributed by atoms with Crippen LogP contribution in [0.5, 0.6) is 0 Å². The van der Waals surface area contributed by atoms with Crippen molar-refractivity contribution < 1.29 is 5.11 Å². The molecule has 0 radical (unpaired) electrons. The Labute approximate surface area is 141 Å². The van der Waals surface area contributed by atoms with Gasteiger partial charge in [0.1, 0.15) is 0 Å². The van der Waals surface area contributed by atoms with Crippen molar-refractivity contribution >= 4 is 17.0 Å². The van der Waals surface area contributed by atoms with Crippen LogP contribution in [0.4, 0.5) is 5.95 Å². The Bertz CT molecular complexity index is 842. The van der Waals surface area contributed by atoms with E-state index in [-0.39, 0.29) is 6.61 Å². The fraction of sp³-hybridized carbons (Fsp3) is 0.316. The van der Waals surface area contributed by atoms with Crippen LogP contribution >= 0.6 is 0 Å². The van der Waals surface area contributed by atoms with Gasteiger partial charge in [-0.3, -0.25) is 9.47 Å². The summed E-state index contributed by atoms with van der Waals surface area (Å²) in [7, 11) is 0. The quantitative estimate of drug-likeness (QED) is 0.758. The van der Waals surface area contributed by atoms with Gasteiger partial charge in [-0.1, -0.05) is 36.4 Å². The van der Waals surface area contributed by atoms with E-state index in [9.17, 15) is 0 Å². The zero-order valence-corrected chi connectivity index (χ0v) is 13.7. The molecule has 1 aliphatic rings. The topological polar surface area (TPSA) is 53.3 Å². The van der Waals surface area contributed by atoms with Crippen LogP contribution in [0.2, 0.25) is 0 Å². The number of aliphatic hydroxyl groups is 1. The Hall–Kier alpha value is -2.37. The first-order valence-corrected chi connectivity index (χ1v) is 8.44. The van der Waals surface area contributed by atoms with Crippen molar-refractivity contribution in [3.05, 3.63) is 59.7 Å². The molecule has 2 aromatic carbocycles. The summed E-state index contributed by atoms with van der Waals surface area (Å²) in [6, 6.07) is 16.9. The number of benzene rings is 2. The lowest BCUT2D eigenvalue weighted by Crippen LogP contribution is -2.32. The van der Waals surface area contributed by atoms with Crippen LogP contribution in [-0.4, -0.2) is 39.3 Å². The average Bonchev–Trinajstić information content (AvgIpc) is 2.97. The van der Waals surface area contributed by atoms with Crippen molar-refractivity contribution in [1.29, 1.82) is 0 Å². The largest absolute Gasteiger partial charge is 0.395 e. The summed E-state index contributed by atoms with van der Waals surface area (Å²) in [5, 5.41) is 12.4. The summed E-state index contributed by atoms with van der Waals surface area (Å²) < 4.78 is 2.21. The minimum Gasteiger partial charge on any atom is -0.395 e. The van der Waals surface area contributed by atoms with Gasteiger partial charge >= 0.3 is 0 Å². The number of nitrogens with one attached hydrogen (secondary N) is 1. The number of hydrogen-bond donors (Lipinski definition) is 2. The standard InChI is InChI=1S/C19H22N4O/c24-12-10-20-19-21-17-7-3-4-8-18(17)23(19)14-22-11-9-15-5-1-2-6-16(15)13-22/h1-8,24H,9-14H2,(H,20,21). The zero-order valence-electron chi connectivity index (χ0n) is 13.7.